The minimum atomic E-state index is 0.180. The summed E-state index contributed by atoms with van der Waals surface area (Å²) in [5.41, 5.74) is 2.14. The first kappa shape index (κ1) is 13.2. The quantitative estimate of drug-likeness (QED) is 0.893. The van der Waals surface area contributed by atoms with Crippen LogP contribution in [0.25, 0.3) is 0 Å². The van der Waals surface area contributed by atoms with Crippen molar-refractivity contribution in [2.24, 2.45) is 0 Å². The lowest BCUT2D eigenvalue weighted by Gasteiger charge is -2.17. The summed E-state index contributed by atoms with van der Waals surface area (Å²) < 4.78 is 10.5. The Balaban J connectivity index is 2.18. The molecule has 100 valence electrons. The van der Waals surface area contributed by atoms with Crippen molar-refractivity contribution in [1.82, 2.24) is 4.98 Å². The van der Waals surface area contributed by atoms with Crippen LogP contribution in [0.4, 0.5) is 5.69 Å². The van der Waals surface area contributed by atoms with Crippen LogP contribution < -0.4 is 14.8 Å². The molecule has 0 aliphatic heterocycles. The van der Waals surface area contributed by atoms with Gasteiger partial charge in [-0.2, -0.15) is 0 Å². The predicted molar refractivity (Wildman–Crippen MR) is 75.8 cm³/mol. The molecule has 0 saturated heterocycles. The highest BCUT2D eigenvalue weighted by atomic mass is 16.5. The first-order valence-electron chi connectivity index (χ1n) is 6.12. The normalized spacial score (nSPS) is 11.7. The van der Waals surface area contributed by atoms with Crippen molar-refractivity contribution >= 4 is 5.69 Å². The molecule has 0 bridgehead atoms. The van der Waals surface area contributed by atoms with Crippen LogP contribution in [0.15, 0.2) is 42.7 Å². The smallest absolute Gasteiger partial charge is 0.124 e. The molecular formula is C15H18N2O2. The Morgan fingerprint density at radius 1 is 1.00 bits per heavy atom. The van der Waals surface area contributed by atoms with Crippen LogP contribution in [0, 0.1) is 0 Å². The molecule has 1 unspecified atom stereocenters. The summed E-state index contributed by atoms with van der Waals surface area (Å²) >= 11 is 0. The number of nitrogens with zero attached hydrogens (tertiary/aromatic N) is 1. The minimum absolute atomic E-state index is 0.180. The van der Waals surface area contributed by atoms with E-state index < -0.39 is 0 Å². The Hall–Kier alpha value is -2.23. The Bertz CT molecular complexity index is 507. The lowest BCUT2D eigenvalue weighted by Crippen LogP contribution is -2.06. The van der Waals surface area contributed by atoms with Gasteiger partial charge in [0.1, 0.15) is 11.5 Å². The highest BCUT2D eigenvalue weighted by Crippen LogP contribution is 2.28. The number of hydrogen-bond acceptors (Lipinski definition) is 4. The molecule has 1 atom stereocenters. The maximum absolute atomic E-state index is 5.25. The van der Waals surface area contributed by atoms with Crippen LogP contribution in [-0.2, 0) is 0 Å². The van der Waals surface area contributed by atoms with Crippen LogP contribution in [0.3, 0.4) is 0 Å². The van der Waals surface area contributed by atoms with Gasteiger partial charge < -0.3 is 14.8 Å². The van der Waals surface area contributed by atoms with Gasteiger partial charge in [-0.15, -0.1) is 0 Å². The SMILES string of the molecule is COc1cc(NC(C)c2ccncc2)cc(OC)c1. The number of benzene rings is 1. The second kappa shape index (κ2) is 6.09. The molecule has 2 rings (SSSR count). The molecule has 4 heteroatoms. The van der Waals surface area contributed by atoms with E-state index in [4.69, 9.17) is 9.47 Å². The van der Waals surface area contributed by atoms with Gasteiger partial charge in [-0.05, 0) is 24.6 Å². The minimum Gasteiger partial charge on any atom is -0.497 e. The Labute approximate surface area is 113 Å². The molecule has 2 aromatic rings. The van der Waals surface area contributed by atoms with Gasteiger partial charge in [-0.3, -0.25) is 4.98 Å². The van der Waals surface area contributed by atoms with Crippen LogP contribution in [0.5, 0.6) is 11.5 Å². The van der Waals surface area contributed by atoms with Crippen molar-refractivity contribution in [3.63, 3.8) is 0 Å². The van der Waals surface area contributed by atoms with Gasteiger partial charge in [0.05, 0.1) is 14.2 Å². The van der Waals surface area contributed by atoms with Crippen molar-refractivity contribution < 1.29 is 9.47 Å². The summed E-state index contributed by atoms with van der Waals surface area (Å²) in [7, 11) is 3.29. The predicted octanol–water partition coefficient (Wildman–Crippen LogP) is 3.27. The second-order valence-corrected chi connectivity index (χ2v) is 4.25. The van der Waals surface area contributed by atoms with E-state index in [1.54, 1.807) is 26.6 Å². The van der Waals surface area contributed by atoms with E-state index in [2.05, 4.69) is 17.2 Å². The first-order chi connectivity index (χ1) is 9.22. The molecule has 0 fully saturated rings. The molecule has 1 aromatic carbocycles. The summed E-state index contributed by atoms with van der Waals surface area (Å²) in [4.78, 5) is 4.02. The Morgan fingerprint density at radius 3 is 2.11 bits per heavy atom. The van der Waals surface area contributed by atoms with Crippen LogP contribution >= 0.6 is 0 Å². The maximum atomic E-state index is 5.25. The monoisotopic (exact) mass is 258 g/mol. The van der Waals surface area contributed by atoms with E-state index in [-0.39, 0.29) is 6.04 Å². The zero-order chi connectivity index (χ0) is 13.7. The third-order valence-electron chi connectivity index (χ3n) is 2.94. The zero-order valence-electron chi connectivity index (χ0n) is 11.4. The largest absolute Gasteiger partial charge is 0.497 e. The number of hydrogen-bond donors (Lipinski definition) is 1. The standard InChI is InChI=1S/C15H18N2O2/c1-11(12-4-6-16-7-5-12)17-13-8-14(18-2)10-15(9-13)19-3/h4-11,17H,1-3H3. The summed E-state index contributed by atoms with van der Waals surface area (Å²) in [5.74, 6) is 1.53. The number of nitrogens with one attached hydrogen (secondary N) is 1. The molecule has 19 heavy (non-hydrogen) atoms. The Morgan fingerprint density at radius 2 is 1.58 bits per heavy atom. The van der Waals surface area contributed by atoms with Gasteiger partial charge in [-0.1, -0.05) is 0 Å². The fourth-order valence-corrected chi connectivity index (χ4v) is 1.88. The molecule has 1 aromatic heterocycles. The summed E-state index contributed by atoms with van der Waals surface area (Å²) in [6.07, 6.45) is 3.58. The van der Waals surface area contributed by atoms with Gasteiger partial charge in [0.15, 0.2) is 0 Å². The van der Waals surface area contributed by atoms with E-state index in [9.17, 15) is 0 Å². The maximum Gasteiger partial charge on any atom is 0.124 e. The lowest BCUT2D eigenvalue weighted by molar-refractivity contribution is 0.394. The Kier molecular flexibility index (Phi) is 4.23. The van der Waals surface area contributed by atoms with Crippen LogP contribution in [-0.4, -0.2) is 19.2 Å². The average molecular weight is 258 g/mol. The number of rotatable bonds is 5. The number of anilines is 1. The highest BCUT2D eigenvalue weighted by molar-refractivity contribution is 5.54. The molecular weight excluding hydrogens is 240 g/mol. The van der Waals surface area contributed by atoms with Crippen molar-refractivity contribution in [2.45, 2.75) is 13.0 Å². The highest BCUT2D eigenvalue weighted by Gasteiger charge is 2.07. The average Bonchev–Trinajstić information content (AvgIpc) is 2.47. The van der Waals surface area contributed by atoms with Crippen molar-refractivity contribution in [3.05, 3.63) is 48.3 Å². The lowest BCUT2D eigenvalue weighted by atomic mass is 10.1. The summed E-state index contributed by atoms with van der Waals surface area (Å²) in [6.45, 7) is 2.10. The summed E-state index contributed by atoms with van der Waals surface area (Å²) in [5, 5.41) is 3.42. The van der Waals surface area contributed by atoms with Gasteiger partial charge in [0, 0.05) is 42.3 Å². The fraction of sp³-hybridized carbons (Fsp3) is 0.267. The third-order valence-corrected chi connectivity index (χ3v) is 2.94. The topological polar surface area (TPSA) is 43.4 Å². The van der Waals surface area contributed by atoms with Crippen molar-refractivity contribution in [2.75, 3.05) is 19.5 Å². The molecule has 1 N–H and O–H groups in total. The van der Waals surface area contributed by atoms with E-state index in [1.165, 1.54) is 5.56 Å². The molecule has 4 nitrogen and oxygen atoms in total. The molecule has 0 aliphatic carbocycles. The third kappa shape index (κ3) is 3.37. The molecule has 0 radical (unpaired) electrons. The van der Waals surface area contributed by atoms with Gasteiger partial charge in [-0.25, -0.2) is 0 Å². The number of pyridine rings is 1. The van der Waals surface area contributed by atoms with Crippen LogP contribution in [0.1, 0.15) is 18.5 Å². The van der Waals surface area contributed by atoms with Gasteiger partial charge >= 0.3 is 0 Å². The van der Waals surface area contributed by atoms with Gasteiger partial charge in [0.2, 0.25) is 0 Å². The first-order valence-corrected chi connectivity index (χ1v) is 6.12. The number of ether oxygens (including phenoxy) is 2. The van der Waals surface area contributed by atoms with Crippen LogP contribution in [0.2, 0.25) is 0 Å². The van der Waals surface area contributed by atoms with Crippen molar-refractivity contribution in [1.29, 1.82) is 0 Å². The molecule has 0 saturated carbocycles. The zero-order valence-corrected chi connectivity index (χ0v) is 11.4. The van der Waals surface area contributed by atoms with Gasteiger partial charge in [0.25, 0.3) is 0 Å². The van der Waals surface area contributed by atoms with Crippen molar-refractivity contribution in [3.8, 4) is 11.5 Å². The molecule has 0 amide bonds. The number of methoxy groups -OCH3 is 2. The van der Waals surface area contributed by atoms with E-state index in [1.807, 2.05) is 30.3 Å². The van der Waals surface area contributed by atoms with E-state index >= 15 is 0 Å². The van der Waals surface area contributed by atoms with E-state index in [0.717, 1.165) is 17.2 Å². The molecule has 1 heterocycles. The summed E-state index contributed by atoms with van der Waals surface area (Å²) in [6, 6.07) is 9.91. The second-order valence-electron chi connectivity index (χ2n) is 4.25. The van der Waals surface area contributed by atoms with E-state index in [0.29, 0.717) is 0 Å². The molecule has 0 spiro atoms. The number of aromatic nitrogens is 1. The molecule has 0 aliphatic rings. The fourth-order valence-electron chi connectivity index (χ4n) is 1.88.